The Hall–Kier alpha value is -0.970. The maximum Gasteiger partial charge on any atom is 0.233 e. The van der Waals surface area contributed by atoms with Crippen molar-refractivity contribution in [2.24, 2.45) is 0 Å². The summed E-state index contributed by atoms with van der Waals surface area (Å²) in [6, 6.07) is 1.62. The minimum Gasteiger partial charge on any atom is -0.336 e. The van der Waals surface area contributed by atoms with Gasteiger partial charge in [0.25, 0.3) is 0 Å². The summed E-state index contributed by atoms with van der Waals surface area (Å²) in [4.78, 5) is 20.0. The third-order valence-electron chi connectivity index (χ3n) is 6.12. The Morgan fingerprint density at radius 3 is 2.16 bits per heavy atom. The van der Waals surface area contributed by atoms with Crippen LogP contribution in [0, 0.1) is 0 Å². The number of thioether (sulfide) groups is 1. The van der Waals surface area contributed by atoms with Crippen LogP contribution < -0.4 is 0 Å². The van der Waals surface area contributed by atoms with E-state index in [1.807, 2.05) is 6.20 Å². The maximum atomic E-state index is 13.2. The van der Waals surface area contributed by atoms with E-state index in [0.717, 1.165) is 5.16 Å². The molecule has 1 aromatic heterocycles. The van der Waals surface area contributed by atoms with Crippen LogP contribution in [0.2, 0.25) is 0 Å². The third kappa shape index (κ3) is 4.24. The first-order valence-electron chi connectivity index (χ1n) is 10.3. The molecule has 0 N–H and O–H groups in total. The molecule has 0 atom stereocenters. The largest absolute Gasteiger partial charge is 0.336 e. The van der Waals surface area contributed by atoms with Crippen LogP contribution in [0.15, 0.2) is 17.6 Å². The molecule has 0 saturated heterocycles. The van der Waals surface area contributed by atoms with Gasteiger partial charge in [-0.25, -0.2) is 4.98 Å². The molecule has 0 aromatic carbocycles. The lowest BCUT2D eigenvalue weighted by atomic mass is 9.88. The van der Waals surface area contributed by atoms with Gasteiger partial charge in [-0.05, 0) is 38.5 Å². The van der Waals surface area contributed by atoms with E-state index >= 15 is 0 Å². The van der Waals surface area contributed by atoms with E-state index < -0.39 is 0 Å². The van der Waals surface area contributed by atoms with Crippen LogP contribution in [0.4, 0.5) is 0 Å². The van der Waals surface area contributed by atoms with Crippen LogP contribution in [-0.4, -0.2) is 38.2 Å². The van der Waals surface area contributed by atoms with Crippen LogP contribution >= 0.6 is 11.8 Å². The number of aromatic nitrogens is 2. The van der Waals surface area contributed by atoms with E-state index in [2.05, 4.69) is 20.6 Å². The van der Waals surface area contributed by atoms with Gasteiger partial charge in [-0.3, -0.25) is 4.79 Å². The summed E-state index contributed by atoms with van der Waals surface area (Å²) in [5, 5.41) is 1.03. The maximum absolute atomic E-state index is 13.2. The van der Waals surface area contributed by atoms with Crippen molar-refractivity contribution in [1.82, 2.24) is 14.5 Å². The summed E-state index contributed by atoms with van der Waals surface area (Å²) in [5.74, 6) is 0.908. The predicted octanol–water partition coefficient (Wildman–Crippen LogP) is 4.80. The Kier molecular flexibility index (Phi) is 5.69. The van der Waals surface area contributed by atoms with Crippen LogP contribution in [-0.2, 0) is 4.79 Å². The van der Waals surface area contributed by atoms with Gasteiger partial charge in [0.2, 0.25) is 5.91 Å². The number of hydrogen-bond acceptors (Lipinski definition) is 3. The lowest BCUT2D eigenvalue weighted by molar-refractivity contribution is -0.135. The second-order valence-electron chi connectivity index (χ2n) is 8.02. The quantitative estimate of drug-likeness (QED) is 0.683. The molecule has 0 bridgehead atoms. The first-order chi connectivity index (χ1) is 12.3. The summed E-state index contributed by atoms with van der Waals surface area (Å²) < 4.78 is 2.27. The van der Waals surface area contributed by atoms with Crippen molar-refractivity contribution in [1.29, 1.82) is 0 Å². The fourth-order valence-electron chi connectivity index (χ4n) is 4.67. The average molecular weight is 362 g/mol. The fraction of sp³-hybridized carbons (Fsp3) is 0.800. The van der Waals surface area contributed by atoms with Gasteiger partial charge in [0.15, 0.2) is 5.16 Å². The zero-order valence-corrected chi connectivity index (χ0v) is 16.1. The number of rotatable bonds is 6. The number of nitrogens with zero attached hydrogens (tertiary/aromatic N) is 3. The van der Waals surface area contributed by atoms with Crippen molar-refractivity contribution in [2.75, 3.05) is 5.75 Å². The predicted molar refractivity (Wildman–Crippen MR) is 102 cm³/mol. The van der Waals surface area contributed by atoms with Crippen LogP contribution in [0.1, 0.15) is 83.1 Å². The van der Waals surface area contributed by atoms with Crippen molar-refractivity contribution >= 4 is 17.7 Å². The van der Waals surface area contributed by atoms with Crippen molar-refractivity contribution in [3.05, 3.63) is 12.4 Å². The van der Waals surface area contributed by atoms with E-state index in [1.54, 1.807) is 11.8 Å². The number of hydrogen-bond donors (Lipinski definition) is 0. The zero-order valence-electron chi connectivity index (χ0n) is 15.2. The summed E-state index contributed by atoms with van der Waals surface area (Å²) >= 11 is 1.65. The minimum atomic E-state index is 0.356. The van der Waals surface area contributed by atoms with Crippen LogP contribution in [0.5, 0.6) is 0 Å². The molecule has 1 heterocycles. The molecule has 25 heavy (non-hydrogen) atoms. The smallest absolute Gasteiger partial charge is 0.233 e. The molecule has 3 fully saturated rings. The first-order valence-corrected chi connectivity index (χ1v) is 11.3. The summed E-state index contributed by atoms with van der Waals surface area (Å²) in [7, 11) is 0. The van der Waals surface area contributed by atoms with Crippen molar-refractivity contribution in [3.8, 4) is 0 Å². The number of carbonyl (C=O) groups excluding carboxylic acids is 1. The Labute approximate surface area is 155 Å². The molecule has 138 valence electrons. The van der Waals surface area contributed by atoms with Gasteiger partial charge in [-0.1, -0.05) is 50.3 Å². The Morgan fingerprint density at radius 1 is 1.00 bits per heavy atom. The van der Waals surface area contributed by atoms with E-state index in [-0.39, 0.29) is 0 Å². The zero-order chi connectivity index (χ0) is 17.1. The Balaban J connectivity index is 1.41. The molecule has 0 radical (unpaired) electrons. The van der Waals surface area contributed by atoms with Gasteiger partial charge in [0.05, 0.1) is 5.75 Å². The molecule has 1 amide bonds. The summed E-state index contributed by atoms with van der Waals surface area (Å²) in [5.41, 5.74) is 0. The van der Waals surface area contributed by atoms with Crippen LogP contribution in [0.3, 0.4) is 0 Å². The summed E-state index contributed by atoms with van der Waals surface area (Å²) in [6.45, 7) is 0. The molecule has 0 unspecified atom stereocenters. The monoisotopic (exact) mass is 361 g/mol. The third-order valence-corrected chi connectivity index (χ3v) is 7.09. The molecule has 0 spiro atoms. The standard InChI is InChI=1S/C20H31N3OS/c24-19(15-25-20-21-13-14-22(20)16-11-12-16)23(17-7-3-1-4-8-17)18-9-5-2-6-10-18/h13-14,16-18H,1-12,15H2. The molecule has 3 aliphatic rings. The highest BCUT2D eigenvalue weighted by molar-refractivity contribution is 7.99. The molecule has 5 heteroatoms. The van der Waals surface area contributed by atoms with E-state index in [0.29, 0.717) is 29.8 Å². The van der Waals surface area contributed by atoms with E-state index in [4.69, 9.17) is 0 Å². The SMILES string of the molecule is O=C(CSc1nccn1C1CC1)N(C1CCCCC1)C1CCCCC1. The molecule has 4 nitrogen and oxygen atoms in total. The minimum absolute atomic E-state index is 0.356. The highest BCUT2D eigenvalue weighted by Crippen LogP contribution is 2.38. The van der Waals surface area contributed by atoms with Gasteiger partial charge < -0.3 is 9.47 Å². The Bertz CT molecular complexity index is 553. The normalized spacial score (nSPS) is 22.9. The highest BCUT2D eigenvalue weighted by atomic mass is 32.2. The fourth-order valence-corrected chi connectivity index (χ4v) is 5.56. The highest BCUT2D eigenvalue weighted by Gasteiger charge is 2.33. The molecule has 1 aromatic rings. The second-order valence-corrected chi connectivity index (χ2v) is 8.96. The Morgan fingerprint density at radius 2 is 1.60 bits per heavy atom. The van der Waals surface area contributed by atoms with Crippen molar-refractivity contribution < 1.29 is 4.79 Å². The second kappa shape index (κ2) is 8.15. The molecule has 3 saturated carbocycles. The number of imidazole rings is 1. The molecule has 3 aliphatic carbocycles. The summed E-state index contributed by atoms with van der Waals surface area (Å²) in [6.07, 6.45) is 19.2. The van der Waals surface area contributed by atoms with E-state index in [9.17, 15) is 4.79 Å². The molecule has 4 rings (SSSR count). The van der Waals surface area contributed by atoms with Gasteiger partial charge in [-0.15, -0.1) is 0 Å². The van der Waals surface area contributed by atoms with E-state index in [1.165, 1.54) is 77.0 Å². The lowest BCUT2D eigenvalue weighted by Gasteiger charge is -2.41. The van der Waals surface area contributed by atoms with Crippen molar-refractivity contribution in [3.63, 3.8) is 0 Å². The molecule has 0 aliphatic heterocycles. The van der Waals surface area contributed by atoms with Gasteiger partial charge in [0.1, 0.15) is 0 Å². The van der Waals surface area contributed by atoms with Crippen LogP contribution in [0.25, 0.3) is 0 Å². The topological polar surface area (TPSA) is 38.1 Å². The van der Waals surface area contributed by atoms with Gasteiger partial charge in [0, 0.05) is 30.5 Å². The van der Waals surface area contributed by atoms with Crippen molar-refractivity contribution in [2.45, 2.75) is 100 Å². The number of amides is 1. The number of carbonyl (C=O) groups is 1. The first kappa shape index (κ1) is 17.4. The van der Waals surface area contributed by atoms with Gasteiger partial charge >= 0.3 is 0 Å². The average Bonchev–Trinajstić information content (AvgIpc) is 3.40. The molecular weight excluding hydrogens is 330 g/mol. The lowest BCUT2D eigenvalue weighted by Crippen LogP contribution is -2.49. The molecular formula is C20H31N3OS. The van der Waals surface area contributed by atoms with Gasteiger partial charge in [-0.2, -0.15) is 0 Å².